The number of carbonyl (C=O) groups is 2. The Balaban J connectivity index is 1.45. The van der Waals surface area contributed by atoms with Gasteiger partial charge in [-0.2, -0.15) is 0 Å². The molecule has 2 atom stereocenters. The maximum Gasteiger partial charge on any atom is 0.413 e. The minimum absolute atomic E-state index is 0.0502. The van der Waals surface area contributed by atoms with Crippen molar-refractivity contribution < 1.29 is 28.6 Å². The molecule has 8 nitrogen and oxygen atoms in total. The first kappa shape index (κ1) is 26.5. The fourth-order valence-corrected chi connectivity index (χ4v) is 5.72. The van der Waals surface area contributed by atoms with Gasteiger partial charge in [0, 0.05) is 23.5 Å². The highest BCUT2D eigenvalue weighted by atomic mass is 32.1. The monoisotopic (exact) mass is 527 g/mol. The van der Waals surface area contributed by atoms with Gasteiger partial charge in [-0.1, -0.05) is 12.1 Å². The number of methoxy groups -OCH3 is 1. The fourth-order valence-electron chi connectivity index (χ4n) is 4.74. The molecule has 3 heterocycles. The van der Waals surface area contributed by atoms with Crippen LogP contribution in [0.2, 0.25) is 0 Å². The van der Waals surface area contributed by atoms with Gasteiger partial charge in [0.1, 0.15) is 10.8 Å². The lowest BCUT2D eigenvalue weighted by molar-refractivity contribution is -0.143. The van der Waals surface area contributed by atoms with E-state index < -0.39 is 17.8 Å². The first-order valence-corrected chi connectivity index (χ1v) is 13.2. The summed E-state index contributed by atoms with van der Waals surface area (Å²) < 4.78 is 24.6. The average Bonchev–Trinajstić information content (AvgIpc) is 3.35. The molecule has 2 aromatic heterocycles. The quantitative estimate of drug-likeness (QED) is 0.343. The van der Waals surface area contributed by atoms with Crippen molar-refractivity contribution in [1.82, 2.24) is 9.97 Å². The minimum Gasteiger partial charge on any atom is -0.494 e. The van der Waals surface area contributed by atoms with Crippen LogP contribution >= 0.6 is 11.3 Å². The van der Waals surface area contributed by atoms with Crippen LogP contribution in [0.4, 0.5) is 15.0 Å². The Labute approximate surface area is 219 Å². The second-order valence-corrected chi connectivity index (χ2v) is 9.75. The normalized spacial score (nSPS) is 15.6. The zero-order chi connectivity index (χ0) is 26.4. The number of nitrogens with zero attached hydrogens (tertiary/aromatic N) is 3. The van der Waals surface area contributed by atoms with E-state index in [1.54, 1.807) is 25.3 Å². The first-order chi connectivity index (χ1) is 17.9. The molecule has 3 aromatic rings. The van der Waals surface area contributed by atoms with Crippen molar-refractivity contribution in [3.63, 3.8) is 0 Å². The van der Waals surface area contributed by atoms with Gasteiger partial charge >= 0.3 is 12.1 Å². The molecule has 0 radical (unpaired) electrons. The number of thiazole rings is 1. The molecular formula is C27H30FN3O5S. The van der Waals surface area contributed by atoms with Crippen LogP contribution in [0.15, 0.2) is 41.9 Å². The van der Waals surface area contributed by atoms with E-state index in [0.717, 1.165) is 30.5 Å². The Morgan fingerprint density at radius 1 is 1.32 bits per heavy atom. The second-order valence-electron chi connectivity index (χ2n) is 8.86. The SMILES string of the molecule is CCOC(=O)CC(c1ccc(OC)c(F)c1)c1nc(CCCC2CCc3cccnc3N2C(=O)O)cs1. The third kappa shape index (κ3) is 6.25. The lowest BCUT2D eigenvalue weighted by Gasteiger charge is -2.34. The number of carboxylic acid groups (broad SMARTS) is 1. The number of carbonyl (C=O) groups excluding carboxylic acids is 1. The summed E-state index contributed by atoms with van der Waals surface area (Å²) in [5, 5.41) is 12.5. The highest BCUT2D eigenvalue weighted by Gasteiger charge is 2.31. The molecule has 0 spiro atoms. The van der Waals surface area contributed by atoms with Crippen LogP contribution in [-0.2, 0) is 22.4 Å². The topological polar surface area (TPSA) is 102 Å². The van der Waals surface area contributed by atoms with Crippen molar-refractivity contribution in [2.24, 2.45) is 0 Å². The van der Waals surface area contributed by atoms with Gasteiger partial charge in [0.25, 0.3) is 0 Å². The largest absolute Gasteiger partial charge is 0.494 e. The van der Waals surface area contributed by atoms with Gasteiger partial charge < -0.3 is 14.6 Å². The molecule has 1 aliphatic heterocycles. The highest BCUT2D eigenvalue weighted by molar-refractivity contribution is 7.09. The summed E-state index contributed by atoms with van der Waals surface area (Å²) in [4.78, 5) is 34.7. The molecule has 4 rings (SSSR count). The van der Waals surface area contributed by atoms with E-state index in [2.05, 4.69) is 4.98 Å². The van der Waals surface area contributed by atoms with E-state index in [4.69, 9.17) is 14.5 Å². The number of rotatable bonds is 10. The molecule has 1 aliphatic rings. The predicted octanol–water partition coefficient (Wildman–Crippen LogP) is 5.59. The van der Waals surface area contributed by atoms with E-state index in [1.165, 1.54) is 29.4 Å². The molecule has 0 saturated heterocycles. The molecule has 1 amide bonds. The van der Waals surface area contributed by atoms with Gasteiger partial charge in [-0.05, 0) is 68.4 Å². The fraction of sp³-hybridized carbons (Fsp3) is 0.407. The van der Waals surface area contributed by atoms with E-state index in [0.29, 0.717) is 29.2 Å². The van der Waals surface area contributed by atoms with Crippen molar-refractivity contribution in [2.45, 2.75) is 57.4 Å². The molecule has 2 unspecified atom stereocenters. The summed E-state index contributed by atoms with van der Waals surface area (Å²) in [5.41, 5.74) is 2.43. The lowest BCUT2D eigenvalue weighted by atomic mass is 9.95. The van der Waals surface area contributed by atoms with Crippen molar-refractivity contribution in [1.29, 1.82) is 0 Å². The number of benzene rings is 1. The molecule has 0 fully saturated rings. The predicted molar refractivity (Wildman–Crippen MR) is 138 cm³/mol. The summed E-state index contributed by atoms with van der Waals surface area (Å²) in [6, 6.07) is 8.27. The number of fused-ring (bicyclic) bond motifs is 1. The van der Waals surface area contributed by atoms with Crippen molar-refractivity contribution in [2.75, 3.05) is 18.6 Å². The Kier molecular flexibility index (Phi) is 8.70. The lowest BCUT2D eigenvalue weighted by Crippen LogP contribution is -2.43. The molecular weight excluding hydrogens is 497 g/mol. The number of ether oxygens (including phenoxy) is 2. The van der Waals surface area contributed by atoms with Gasteiger partial charge in [0.2, 0.25) is 0 Å². The molecule has 0 saturated carbocycles. The van der Waals surface area contributed by atoms with Crippen LogP contribution in [0.5, 0.6) is 5.75 Å². The van der Waals surface area contributed by atoms with Gasteiger partial charge in [0.05, 0.1) is 25.8 Å². The van der Waals surface area contributed by atoms with Crippen LogP contribution in [0.1, 0.15) is 60.4 Å². The third-order valence-corrected chi connectivity index (χ3v) is 7.51. The number of amides is 1. The summed E-state index contributed by atoms with van der Waals surface area (Å²) in [6.45, 7) is 2.01. The minimum atomic E-state index is -0.992. The summed E-state index contributed by atoms with van der Waals surface area (Å²) in [5.74, 6) is -0.663. The number of pyridine rings is 1. The number of anilines is 1. The Morgan fingerprint density at radius 3 is 2.89 bits per heavy atom. The third-order valence-electron chi connectivity index (χ3n) is 6.51. The van der Waals surface area contributed by atoms with Crippen LogP contribution < -0.4 is 9.64 Å². The maximum absolute atomic E-state index is 14.4. The maximum atomic E-state index is 14.4. The number of esters is 1. The number of aryl methyl sites for hydroxylation is 2. The Hall–Kier alpha value is -3.53. The average molecular weight is 528 g/mol. The number of hydrogen-bond donors (Lipinski definition) is 1. The van der Waals surface area contributed by atoms with Gasteiger partial charge in [-0.25, -0.2) is 19.2 Å². The number of halogens is 1. The Morgan fingerprint density at radius 2 is 2.16 bits per heavy atom. The van der Waals surface area contributed by atoms with E-state index in [9.17, 15) is 19.1 Å². The molecule has 0 aliphatic carbocycles. The molecule has 10 heteroatoms. The van der Waals surface area contributed by atoms with Crippen molar-refractivity contribution >= 4 is 29.2 Å². The van der Waals surface area contributed by atoms with Crippen LogP contribution in [0.3, 0.4) is 0 Å². The molecule has 1 aromatic carbocycles. The van der Waals surface area contributed by atoms with Crippen LogP contribution in [-0.4, -0.2) is 46.9 Å². The van der Waals surface area contributed by atoms with E-state index in [-0.39, 0.29) is 30.8 Å². The van der Waals surface area contributed by atoms with Crippen molar-refractivity contribution in [3.05, 3.63) is 69.6 Å². The Bertz CT molecular complexity index is 1250. The zero-order valence-corrected chi connectivity index (χ0v) is 21.7. The molecule has 37 heavy (non-hydrogen) atoms. The zero-order valence-electron chi connectivity index (χ0n) is 20.9. The van der Waals surface area contributed by atoms with Gasteiger partial charge in [-0.3, -0.25) is 9.69 Å². The first-order valence-electron chi connectivity index (χ1n) is 12.3. The van der Waals surface area contributed by atoms with Gasteiger partial charge in [-0.15, -0.1) is 11.3 Å². The molecule has 196 valence electrons. The van der Waals surface area contributed by atoms with Gasteiger partial charge in [0.15, 0.2) is 11.6 Å². The van der Waals surface area contributed by atoms with E-state index in [1.807, 2.05) is 17.5 Å². The number of hydrogen-bond acceptors (Lipinski definition) is 7. The highest BCUT2D eigenvalue weighted by Crippen LogP contribution is 2.34. The summed E-state index contributed by atoms with van der Waals surface area (Å²) >= 11 is 1.42. The summed E-state index contributed by atoms with van der Waals surface area (Å²) in [6.07, 6.45) is 4.33. The molecule has 1 N–H and O–H groups in total. The van der Waals surface area contributed by atoms with E-state index >= 15 is 0 Å². The second kappa shape index (κ2) is 12.1. The smallest absolute Gasteiger partial charge is 0.413 e. The van der Waals surface area contributed by atoms with Crippen LogP contribution in [0, 0.1) is 5.82 Å². The summed E-state index contributed by atoms with van der Waals surface area (Å²) in [7, 11) is 1.40. The number of aromatic nitrogens is 2. The van der Waals surface area contributed by atoms with Crippen LogP contribution in [0.25, 0.3) is 0 Å². The standard InChI is InChI=1S/C27H30FN3O5S/c1-3-36-24(32)15-21(18-10-12-23(35-2)22(28)14-18)26-30-19(16-37-26)7-4-8-20-11-9-17-6-5-13-29-25(17)31(20)27(33)34/h5-6,10,12-14,16,20-21H,3-4,7-9,11,15H2,1-2H3,(H,33,34). The molecule has 0 bridgehead atoms. The van der Waals surface area contributed by atoms with Crippen molar-refractivity contribution in [3.8, 4) is 5.75 Å².